The van der Waals surface area contributed by atoms with Crippen molar-refractivity contribution >= 4 is 11.8 Å². The van der Waals surface area contributed by atoms with Gasteiger partial charge < -0.3 is 15.0 Å². The van der Waals surface area contributed by atoms with E-state index in [9.17, 15) is 9.59 Å². The summed E-state index contributed by atoms with van der Waals surface area (Å²) in [5.41, 5.74) is 1.88. The average Bonchev–Trinajstić information content (AvgIpc) is 3.15. The fraction of sp³-hybridized carbons (Fsp3) is 0.600. The molecule has 1 N–H and O–H groups in total. The van der Waals surface area contributed by atoms with Crippen LogP contribution in [0.2, 0.25) is 0 Å². The van der Waals surface area contributed by atoms with Gasteiger partial charge in [-0.25, -0.2) is 0 Å². The minimum Gasteiger partial charge on any atom is -0.381 e. The van der Waals surface area contributed by atoms with Crippen molar-refractivity contribution in [3.8, 4) is 0 Å². The molecule has 2 amide bonds. The third-order valence-corrected chi connectivity index (χ3v) is 5.33. The molecule has 0 spiro atoms. The van der Waals surface area contributed by atoms with Crippen LogP contribution in [0.4, 0.5) is 0 Å². The minimum absolute atomic E-state index is 0.0295. The highest BCUT2D eigenvalue weighted by Crippen LogP contribution is 2.20. The lowest BCUT2D eigenvalue weighted by molar-refractivity contribution is -0.126. The van der Waals surface area contributed by atoms with Crippen molar-refractivity contribution in [1.29, 1.82) is 0 Å². The molecule has 0 aliphatic carbocycles. The normalized spacial score (nSPS) is 21.3. The molecular formula is C20H28N2O3. The van der Waals surface area contributed by atoms with Gasteiger partial charge in [-0.3, -0.25) is 9.59 Å². The zero-order valence-corrected chi connectivity index (χ0v) is 15.0. The van der Waals surface area contributed by atoms with Gasteiger partial charge in [-0.1, -0.05) is 17.7 Å². The number of ether oxygens (including phenoxy) is 1. The predicted molar refractivity (Wildman–Crippen MR) is 96.4 cm³/mol. The summed E-state index contributed by atoms with van der Waals surface area (Å²) in [5.74, 6) is 0.831. The van der Waals surface area contributed by atoms with Crippen molar-refractivity contribution in [2.45, 2.75) is 32.6 Å². The highest BCUT2D eigenvalue weighted by Gasteiger charge is 2.27. The average molecular weight is 344 g/mol. The molecule has 2 heterocycles. The van der Waals surface area contributed by atoms with Crippen LogP contribution in [0.1, 0.15) is 41.6 Å². The van der Waals surface area contributed by atoms with Crippen LogP contribution in [0.5, 0.6) is 0 Å². The van der Waals surface area contributed by atoms with Crippen molar-refractivity contribution in [2.75, 3.05) is 32.8 Å². The maximum Gasteiger partial charge on any atom is 0.253 e. The Hall–Kier alpha value is -1.88. The molecule has 0 saturated carbocycles. The molecule has 1 aromatic rings. The second kappa shape index (κ2) is 8.48. The maximum absolute atomic E-state index is 12.5. The second-order valence-corrected chi connectivity index (χ2v) is 7.24. The van der Waals surface area contributed by atoms with E-state index in [1.54, 1.807) is 0 Å². The third-order valence-electron chi connectivity index (χ3n) is 5.33. The summed E-state index contributed by atoms with van der Waals surface area (Å²) >= 11 is 0. The number of benzene rings is 1. The summed E-state index contributed by atoms with van der Waals surface area (Å²) in [6, 6.07) is 7.68. The highest BCUT2D eigenvalue weighted by molar-refractivity contribution is 5.94. The lowest BCUT2D eigenvalue weighted by atomic mass is 9.95. The molecule has 0 aromatic heterocycles. The Morgan fingerprint density at radius 2 is 1.88 bits per heavy atom. The van der Waals surface area contributed by atoms with Gasteiger partial charge >= 0.3 is 0 Å². The van der Waals surface area contributed by atoms with E-state index in [0.717, 1.165) is 56.6 Å². The molecule has 5 heteroatoms. The van der Waals surface area contributed by atoms with Gasteiger partial charge in [-0.2, -0.15) is 0 Å². The summed E-state index contributed by atoms with van der Waals surface area (Å²) in [7, 11) is 0. The SMILES string of the molecule is Cc1ccc(C(=O)N2CCC(C(=O)NCCC3CCOC3)CC2)cc1. The maximum atomic E-state index is 12.5. The Labute approximate surface area is 149 Å². The Morgan fingerprint density at radius 1 is 1.16 bits per heavy atom. The first-order chi connectivity index (χ1) is 12.1. The quantitative estimate of drug-likeness (QED) is 0.892. The molecule has 2 aliphatic rings. The van der Waals surface area contributed by atoms with Crippen LogP contribution in [0, 0.1) is 18.8 Å². The van der Waals surface area contributed by atoms with Gasteiger partial charge in [0.2, 0.25) is 5.91 Å². The number of hydrogen-bond acceptors (Lipinski definition) is 3. The number of amides is 2. The molecule has 3 rings (SSSR count). The number of aryl methyl sites for hydroxylation is 1. The van der Waals surface area contributed by atoms with Gasteiger partial charge in [0.25, 0.3) is 5.91 Å². The van der Waals surface area contributed by atoms with Gasteiger partial charge in [0.05, 0.1) is 0 Å². The largest absolute Gasteiger partial charge is 0.381 e. The van der Waals surface area contributed by atoms with Crippen LogP contribution >= 0.6 is 0 Å². The summed E-state index contributed by atoms with van der Waals surface area (Å²) in [5, 5.41) is 3.06. The van der Waals surface area contributed by atoms with Crippen molar-refractivity contribution in [3.05, 3.63) is 35.4 Å². The van der Waals surface area contributed by atoms with Gasteiger partial charge in [0, 0.05) is 44.3 Å². The number of likely N-dealkylation sites (tertiary alicyclic amines) is 1. The summed E-state index contributed by atoms with van der Waals surface area (Å²) in [6.45, 7) is 5.73. The number of nitrogens with one attached hydrogen (secondary N) is 1. The number of carbonyl (C=O) groups is 2. The zero-order chi connectivity index (χ0) is 17.6. The van der Waals surface area contributed by atoms with E-state index < -0.39 is 0 Å². The van der Waals surface area contributed by atoms with E-state index in [1.807, 2.05) is 36.1 Å². The molecule has 25 heavy (non-hydrogen) atoms. The number of hydrogen-bond donors (Lipinski definition) is 1. The predicted octanol–water partition coefficient (Wildman–Crippen LogP) is 2.39. The molecule has 2 aliphatic heterocycles. The molecule has 2 fully saturated rings. The van der Waals surface area contributed by atoms with Gasteiger partial charge in [0.15, 0.2) is 0 Å². The molecular weight excluding hydrogens is 316 g/mol. The fourth-order valence-corrected chi connectivity index (χ4v) is 3.58. The summed E-state index contributed by atoms with van der Waals surface area (Å²) < 4.78 is 5.36. The standard InChI is InChI=1S/C20H28N2O3/c1-15-2-4-18(5-3-15)20(24)22-11-7-17(8-12-22)19(23)21-10-6-16-9-13-25-14-16/h2-5,16-17H,6-14H2,1H3,(H,21,23). The number of rotatable bonds is 5. The van der Waals surface area contributed by atoms with Crippen LogP contribution in [-0.4, -0.2) is 49.6 Å². The third kappa shape index (κ3) is 4.82. The molecule has 1 atom stereocenters. The Balaban J connectivity index is 1.40. The van der Waals surface area contributed by atoms with Crippen LogP contribution in [0.25, 0.3) is 0 Å². The molecule has 0 bridgehead atoms. The minimum atomic E-state index is 0.0295. The van der Waals surface area contributed by atoms with Crippen LogP contribution < -0.4 is 5.32 Å². The molecule has 1 aromatic carbocycles. The number of carbonyl (C=O) groups excluding carboxylic acids is 2. The van der Waals surface area contributed by atoms with Crippen molar-refractivity contribution in [1.82, 2.24) is 10.2 Å². The molecule has 136 valence electrons. The van der Waals surface area contributed by atoms with Gasteiger partial charge in [0.1, 0.15) is 0 Å². The molecule has 2 saturated heterocycles. The van der Waals surface area contributed by atoms with E-state index in [0.29, 0.717) is 19.0 Å². The van der Waals surface area contributed by atoms with Crippen molar-refractivity contribution in [3.63, 3.8) is 0 Å². The van der Waals surface area contributed by atoms with E-state index in [4.69, 9.17) is 4.74 Å². The summed E-state index contributed by atoms with van der Waals surface area (Å²) in [6.07, 6.45) is 3.60. The second-order valence-electron chi connectivity index (χ2n) is 7.24. The lowest BCUT2D eigenvalue weighted by Gasteiger charge is -2.31. The van der Waals surface area contributed by atoms with Crippen LogP contribution in [0.15, 0.2) is 24.3 Å². The lowest BCUT2D eigenvalue weighted by Crippen LogP contribution is -2.43. The number of piperidine rings is 1. The van der Waals surface area contributed by atoms with Crippen molar-refractivity contribution in [2.24, 2.45) is 11.8 Å². The topological polar surface area (TPSA) is 58.6 Å². The van der Waals surface area contributed by atoms with E-state index >= 15 is 0 Å². The smallest absolute Gasteiger partial charge is 0.253 e. The first-order valence-electron chi connectivity index (χ1n) is 9.35. The Kier molecular flexibility index (Phi) is 6.08. The summed E-state index contributed by atoms with van der Waals surface area (Å²) in [4.78, 5) is 26.7. The zero-order valence-electron chi connectivity index (χ0n) is 15.0. The van der Waals surface area contributed by atoms with Gasteiger partial charge in [-0.05, 0) is 50.7 Å². The molecule has 0 radical (unpaired) electrons. The first kappa shape index (κ1) is 17.9. The number of nitrogens with zero attached hydrogens (tertiary/aromatic N) is 1. The molecule has 1 unspecified atom stereocenters. The van der Waals surface area contributed by atoms with E-state index in [-0.39, 0.29) is 17.7 Å². The first-order valence-corrected chi connectivity index (χ1v) is 9.35. The molecule has 5 nitrogen and oxygen atoms in total. The highest BCUT2D eigenvalue weighted by atomic mass is 16.5. The monoisotopic (exact) mass is 344 g/mol. The van der Waals surface area contributed by atoms with Crippen LogP contribution in [0.3, 0.4) is 0 Å². The Bertz CT molecular complexity index is 585. The van der Waals surface area contributed by atoms with E-state index in [1.165, 1.54) is 0 Å². The van der Waals surface area contributed by atoms with E-state index in [2.05, 4.69) is 5.32 Å². The van der Waals surface area contributed by atoms with Crippen LogP contribution in [-0.2, 0) is 9.53 Å². The van der Waals surface area contributed by atoms with Crippen molar-refractivity contribution < 1.29 is 14.3 Å². The van der Waals surface area contributed by atoms with Gasteiger partial charge in [-0.15, -0.1) is 0 Å². The fourth-order valence-electron chi connectivity index (χ4n) is 3.58. The Morgan fingerprint density at radius 3 is 2.52 bits per heavy atom.